The van der Waals surface area contributed by atoms with Crippen molar-refractivity contribution in [1.82, 2.24) is 0 Å². The molecule has 0 saturated heterocycles. The number of hydrogen-bond acceptors (Lipinski definition) is 1. The first kappa shape index (κ1) is 37.9. The second-order valence-electron chi connectivity index (χ2n) is 7.89. The smallest absolute Gasteiger partial charge is 0.0419 e. The molecule has 2 atom stereocenters. The van der Waals surface area contributed by atoms with Gasteiger partial charge in [-0.3, -0.25) is 4.99 Å². The highest BCUT2D eigenvalue weighted by atomic mass is 14.8. The van der Waals surface area contributed by atoms with Crippen LogP contribution in [0.15, 0.2) is 4.99 Å². The Morgan fingerprint density at radius 3 is 0.898 bits per heavy atom. The molecule has 2 aliphatic rings. The van der Waals surface area contributed by atoms with E-state index >= 15 is 0 Å². The summed E-state index contributed by atoms with van der Waals surface area (Å²) >= 11 is 0. The molecule has 1 heterocycles. The summed E-state index contributed by atoms with van der Waals surface area (Å²) in [6.07, 6.45) is 11.4. The second kappa shape index (κ2) is 31.8. The Bertz CT molecular complexity index is 2640. The van der Waals surface area contributed by atoms with E-state index in [1.54, 1.807) is 6.92 Å². The van der Waals surface area contributed by atoms with Crippen molar-refractivity contribution in [1.29, 1.82) is 0 Å². The van der Waals surface area contributed by atoms with Crippen LogP contribution in [0, 0.1) is 249 Å². The lowest BCUT2D eigenvalue weighted by molar-refractivity contribution is 0.534. The maximum absolute atomic E-state index is 4.93. The Balaban J connectivity index is 0.00000128. The molecule has 0 amide bonds. The van der Waals surface area contributed by atoms with E-state index in [0.717, 1.165) is 18.4 Å². The van der Waals surface area contributed by atoms with Crippen LogP contribution in [0.25, 0.3) is 0 Å². The second-order valence-corrected chi connectivity index (χ2v) is 7.89. The first-order valence-electron chi connectivity index (χ1n) is 13.8. The number of aliphatic imine (C=N–C) groups is 1. The van der Waals surface area contributed by atoms with Crippen molar-refractivity contribution < 1.29 is 0 Å². The molecule has 0 radical (unpaired) electrons. The molecule has 1 nitrogen and oxygen atoms in total. The Hall–Kier alpha value is -9.13. The fraction of sp³-hybridized carbons (Fsp3) is 0.146. The minimum atomic E-state index is 0.884. The topological polar surface area (TPSA) is 12.4 Å². The zero-order valence-corrected chi connectivity index (χ0v) is 26.1. The van der Waals surface area contributed by atoms with Crippen LogP contribution >= 0.6 is 0 Å². The van der Waals surface area contributed by atoms with E-state index < -0.39 is 0 Å². The first-order valence-corrected chi connectivity index (χ1v) is 13.8. The number of terminal acetylenes is 1. The van der Waals surface area contributed by atoms with Gasteiger partial charge in [0.25, 0.3) is 0 Å². The quantitative estimate of drug-likeness (QED) is 0.376. The van der Waals surface area contributed by atoms with Crippen LogP contribution < -0.4 is 0 Å². The molecule has 2 rings (SSSR count). The molecular formula is C48H15N. The first-order chi connectivity index (χ1) is 24.4. The van der Waals surface area contributed by atoms with Gasteiger partial charge in [0.05, 0.1) is 0 Å². The van der Waals surface area contributed by atoms with Crippen LogP contribution in [-0.4, -0.2) is 12.8 Å². The lowest BCUT2D eigenvalue weighted by Crippen LogP contribution is -2.03. The third kappa shape index (κ3) is 26.2. The fourth-order valence-electron chi connectivity index (χ4n) is 3.01. The lowest BCUT2D eigenvalue weighted by Gasteiger charge is -2.02. The Morgan fingerprint density at radius 1 is 0.388 bits per heavy atom. The summed E-state index contributed by atoms with van der Waals surface area (Å²) in [5, 5.41) is 0. The standard InChI is InChI=1S/C41H4.C7H11N/c1-3-5-7-9-11-13-15-17-19-21-23-25-27-29-31-33-35-37-39-41-40-38-36-34-32-30-28-26-24-22-20-18-16-14-12-10-8-6-4-2;1-2-6-4-8-5-7(6)3-1/h1H,2H3;4,6-7H,1-3,5H2. The van der Waals surface area contributed by atoms with E-state index in [4.69, 9.17) is 6.42 Å². The van der Waals surface area contributed by atoms with Gasteiger partial charge in [0, 0.05) is 143 Å². The van der Waals surface area contributed by atoms with Crippen molar-refractivity contribution in [3.05, 3.63) is 0 Å². The lowest BCUT2D eigenvalue weighted by atomic mass is 10.0. The molecular weight excluding hydrogens is 591 g/mol. The van der Waals surface area contributed by atoms with Crippen molar-refractivity contribution >= 4 is 6.21 Å². The SMILES string of the molecule is C#CC#CC#CC#CC#CC#CC#CC#CC#CC#CC#CC#CC#CC#CC#CC#CC#CC#CC#CC#CC.C1=NCC2CCCC12. The van der Waals surface area contributed by atoms with Gasteiger partial charge in [-0.1, -0.05) is 12.3 Å². The average Bonchev–Trinajstić information content (AvgIpc) is 3.76. The molecule has 1 saturated carbocycles. The van der Waals surface area contributed by atoms with Crippen molar-refractivity contribution in [2.75, 3.05) is 6.54 Å². The van der Waals surface area contributed by atoms with Crippen molar-refractivity contribution in [3.63, 3.8) is 0 Å². The highest BCUT2D eigenvalue weighted by molar-refractivity contribution is 5.64. The minimum absolute atomic E-state index is 0.884. The molecule has 1 aliphatic carbocycles. The summed E-state index contributed by atoms with van der Waals surface area (Å²) in [7, 11) is 0. The monoisotopic (exact) mass is 605 g/mol. The third-order valence-corrected chi connectivity index (χ3v) is 4.80. The summed E-state index contributed by atoms with van der Waals surface area (Å²) in [6, 6.07) is 0. The molecule has 49 heavy (non-hydrogen) atoms. The van der Waals surface area contributed by atoms with E-state index in [1.165, 1.54) is 19.3 Å². The van der Waals surface area contributed by atoms with Crippen LogP contribution in [0.3, 0.4) is 0 Å². The van der Waals surface area contributed by atoms with Gasteiger partial charge in [-0.05, 0) is 126 Å². The number of nitrogens with zero attached hydrogens (tertiary/aromatic N) is 1. The Morgan fingerprint density at radius 2 is 0.653 bits per heavy atom. The van der Waals surface area contributed by atoms with Gasteiger partial charge in [-0.25, -0.2) is 0 Å². The van der Waals surface area contributed by atoms with Gasteiger partial charge < -0.3 is 0 Å². The predicted octanol–water partition coefficient (Wildman–Crippen LogP) is 2.19. The molecule has 212 valence electrons. The van der Waals surface area contributed by atoms with E-state index in [9.17, 15) is 0 Å². The van der Waals surface area contributed by atoms with Crippen LogP contribution in [0.4, 0.5) is 0 Å². The van der Waals surface area contributed by atoms with Crippen LogP contribution in [0.5, 0.6) is 0 Å². The normalized spacial score (nSPS) is 10.3. The van der Waals surface area contributed by atoms with E-state index in [1.807, 2.05) is 0 Å². The van der Waals surface area contributed by atoms with Gasteiger partial charge in [0.2, 0.25) is 0 Å². The predicted molar refractivity (Wildman–Crippen MR) is 196 cm³/mol. The van der Waals surface area contributed by atoms with Crippen LogP contribution in [0.2, 0.25) is 0 Å². The molecule has 0 N–H and O–H groups in total. The molecule has 0 aromatic rings. The Kier molecular flexibility index (Phi) is 24.6. The summed E-state index contributed by atoms with van der Waals surface area (Å²) in [6.45, 7) is 2.82. The van der Waals surface area contributed by atoms with Gasteiger partial charge in [-0.2, -0.15) is 0 Å². The van der Waals surface area contributed by atoms with Gasteiger partial charge >= 0.3 is 0 Å². The maximum atomic E-state index is 4.93. The van der Waals surface area contributed by atoms with Crippen molar-refractivity contribution in [2.45, 2.75) is 26.2 Å². The zero-order valence-electron chi connectivity index (χ0n) is 26.1. The molecule has 0 aromatic heterocycles. The number of hydrogen-bond donors (Lipinski definition) is 0. The fourth-order valence-corrected chi connectivity index (χ4v) is 3.01. The molecule has 0 spiro atoms. The van der Waals surface area contributed by atoms with Crippen LogP contribution in [0.1, 0.15) is 26.2 Å². The average molecular weight is 606 g/mol. The summed E-state index contributed by atoms with van der Waals surface area (Å²) in [4.78, 5) is 4.24. The van der Waals surface area contributed by atoms with Crippen molar-refractivity contribution in [3.8, 4) is 237 Å². The highest BCUT2D eigenvalue weighted by Gasteiger charge is 2.28. The van der Waals surface area contributed by atoms with Crippen molar-refractivity contribution in [2.24, 2.45) is 16.8 Å². The van der Waals surface area contributed by atoms with Crippen LogP contribution in [-0.2, 0) is 0 Å². The minimum Gasteiger partial charge on any atom is -0.297 e. The number of rotatable bonds is 0. The molecule has 1 fully saturated rings. The van der Waals surface area contributed by atoms with Gasteiger partial charge in [0.15, 0.2) is 0 Å². The van der Waals surface area contributed by atoms with Gasteiger partial charge in [-0.15, -0.1) is 6.42 Å². The zero-order chi connectivity index (χ0) is 35.0. The van der Waals surface area contributed by atoms with E-state index in [2.05, 4.69) is 242 Å². The summed E-state index contributed by atoms with van der Waals surface area (Å²) in [5.74, 6) is 98.7. The third-order valence-electron chi connectivity index (χ3n) is 4.80. The molecule has 2 unspecified atom stereocenters. The largest absolute Gasteiger partial charge is 0.297 e. The van der Waals surface area contributed by atoms with E-state index in [0.29, 0.717) is 0 Å². The molecule has 0 bridgehead atoms. The highest BCUT2D eigenvalue weighted by Crippen LogP contribution is 2.33. The molecule has 1 aliphatic heterocycles. The van der Waals surface area contributed by atoms with E-state index in [-0.39, 0.29) is 0 Å². The maximum Gasteiger partial charge on any atom is 0.0419 e. The Labute approximate surface area is 292 Å². The summed E-state index contributed by atoms with van der Waals surface area (Å²) < 4.78 is 0. The molecule has 1 heteroatoms. The molecule has 0 aromatic carbocycles. The van der Waals surface area contributed by atoms with Gasteiger partial charge in [0.1, 0.15) is 0 Å². The number of fused-ring (bicyclic) bond motifs is 1. The summed E-state index contributed by atoms with van der Waals surface area (Å²) in [5.41, 5.74) is 0.